The molecule has 0 saturated carbocycles. The van der Waals surface area contributed by atoms with Crippen molar-refractivity contribution in [3.63, 3.8) is 0 Å². The van der Waals surface area contributed by atoms with Crippen LogP contribution in [0.25, 0.3) is 0 Å². The van der Waals surface area contributed by atoms with E-state index in [1.54, 1.807) is 7.05 Å². The van der Waals surface area contributed by atoms with Crippen LogP contribution in [0, 0.1) is 27.7 Å². The SMILES string of the molecule is CNCC(C)CNC(=O)c1cc(F)c(F)cc1[N+](=O)[O-]. The molecule has 0 aliphatic rings. The quantitative estimate of drug-likeness (QED) is 0.613. The Morgan fingerprint density at radius 1 is 1.35 bits per heavy atom. The molecule has 0 bridgehead atoms. The van der Waals surface area contributed by atoms with Crippen molar-refractivity contribution in [1.29, 1.82) is 0 Å². The minimum Gasteiger partial charge on any atom is -0.351 e. The lowest BCUT2D eigenvalue weighted by atomic mass is 10.1. The lowest BCUT2D eigenvalue weighted by Crippen LogP contribution is -2.32. The Bertz CT molecular complexity index is 523. The summed E-state index contributed by atoms with van der Waals surface area (Å²) in [6.45, 7) is 2.76. The van der Waals surface area contributed by atoms with E-state index in [0.717, 1.165) is 0 Å². The largest absolute Gasteiger partial charge is 0.351 e. The number of benzene rings is 1. The highest BCUT2D eigenvalue weighted by molar-refractivity contribution is 5.98. The zero-order chi connectivity index (χ0) is 15.3. The average Bonchev–Trinajstić information content (AvgIpc) is 2.38. The standard InChI is InChI=1S/C12H15F2N3O3/c1-7(5-15-2)6-16-12(18)8-3-9(13)10(14)4-11(8)17(19)20/h3-4,7,15H,5-6H2,1-2H3,(H,16,18). The molecule has 1 unspecified atom stereocenters. The number of carbonyl (C=O) groups excluding carboxylic acids is 1. The van der Waals surface area contributed by atoms with Crippen LogP contribution in [-0.2, 0) is 0 Å². The second-order valence-corrected chi connectivity index (χ2v) is 4.41. The lowest BCUT2D eigenvalue weighted by molar-refractivity contribution is -0.385. The van der Waals surface area contributed by atoms with E-state index in [1.807, 2.05) is 6.92 Å². The molecule has 0 aliphatic carbocycles. The molecule has 0 aliphatic heterocycles. The summed E-state index contributed by atoms with van der Waals surface area (Å²) < 4.78 is 26.1. The highest BCUT2D eigenvalue weighted by atomic mass is 19.2. The third-order valence-corrected chi connectivity index (χ3v) is 2.64. The molecule has 2 N–H and O–H groups in total. The number of hydrogen-bond acceptors (Lipinski definition) is 4. The smallest absolute Gasteiger partial charge is 0.285 e. The highest BCUT2D eigenvalue weighted by Gasteiger charge is 2.23. The van der Waals surface area contributed by atoms with Crippen molar-refractivity contribution in [2.75, 3.05) is 20.1 Å². The van der Waals surface area contributed by atoms with Gasteiger partial charge in [0.25, 0.3) is 11.6 Å². The summed E-state index contributed by atoms with van der Waals surface area (Å²) in [7, 11) is 1.75. The first-order valence-electron chi connectivity index (χ1n) is 5.93. The van der Waals surface area contributed by atoms with E-state index in [4.69, 9.17) is 0 Å². The Labute approximate surface area is 114 Å². The maximum Gasteiger partial charge on any atom is 0.285 e. The number of rotatable bonds is 6. The molecule has 1 rings (SSSR count). The summed E-state index contributed by atoms with van der Waals surface area (Å²) in [5, 5.41) is 16.1. The van der Waals surface area contributed by atoms with Gasteiger partial charge in [0.05, 0.1) is 11.0 Å². The molecule has 110 valence electrons. The van der Waals surface area contributed by atoms with Gasteiger partial charge in [0.1, 0.15) is 5.56 Å². The van der Waals surface area contributed by atoms with Crippen LogP contribution >= 0.6 is 0 Å². The van der Waals surface area contributed by atoms with Crippen LogP contribution in [0.3, 0.4) is 0 Å². The van der Waals surface area contributed by atoms with E-state index in [9.17, 15) is 23.7 Å². The van der Waals surface area contributed by atoms with Gasteiger partial charge < -0.3 is 10.6 Å². The van der Waals surface area contributed by atoms with E-state index in [2.05, 4.69) is 10.6 Å². The van der Waals surface area contributed by atoms with E-state index >= 15 is 0 Å². The Morgan fingerprint density at radius 2 is 1.95 bits per heavy atom. The number of halogens is 2. The van der Waals surface area contributed by atoms with Gasteiger partial charge in [-0.05, 0) is 25.6 Å². The molecule has 1 aromatic rings. The van der Waals surface area contributed by atoms with Crippen molar-refractivity contribution in [1.82, 2.24) is 10.6 Å². The van der Waals surface area contributed by atoms with Crippen LogP contribution in [-0.4, -0.2) is 31.0 Å². The predicted octanol–water partition coefficient (Wildman–Crippen LogP) is 1.46. The fraction of sp³-hybridized carbons (Fsp3) is 0.417. The minimum atomic E-state index is -1.36. The van der Waals surface area contributed by atoms with E-state index in [-0.39, 0.29) is 12.5 Å². The van der Waals surface area contributed by atoms with Crippen molar-refractivity contribution >= 4 is 11.6 Å². The zero-order valence-corrected chi connectivity index (χ0v) is 11.1. The van der Waals surface area contributed by atoms with Gasteiger partial charge in [0.15, 0.2) is 11.6 Å². The zero-order valence-electron chi connectivity index (χ0n) is 11.1. The van der Waals surface area contributed by atoms with Crippen LogP contribution in [0.2, 0.25) is 0 Å². The molecule has 0 aromatic heterocycles. The second-order valence-electron chi connectivity index (χ2n) is 4.41. The Hall–Kier alpha value is -2.09. The number of nitrogens with one attached hydrogen (secondary N) is 2. The van der Waals surface area contributed by atoms with Crippen LogP contribution < -0.4 is 10.6 Å². The first-order valence-corrected chi connectivity index (χ1v) is 5.93. The summed E-state index contributed by atoms with van der Waals surface area (Å²) in [6.07, 6.45) is 0. The van der Waals surface area contributed by atoms with Gasteiger partial charge in [0, 0.05) is 6.54 Å². The van der Waals surface area contributed by atoms with Gasteiger partial charge in [-0.25, -0.2) is 8.78 Å². The molecule has 0 radical (unpaired) electrons. The van der Waals surface area contributed by atoms with Gasteiger partial charge in [-0.3, -0.25) is 14.9 Å². The van der Waals surface area contributed by atoms with E-state index in [1.165, 1.54) is 0 Å². The summed E-state index contributed by atoms with van der Waals surface area (Å²) in [5.41, 5.74) is -1.26. The van der Waals surface area contributed by atoms with E-state index in [0.29, 0.717) is 18.7 Å². The molecular weight excluding hydrogens is 272 g/mol. The highest BCUT2D eigenvalue weighted by Crippen LogP contribution is 2.22. The fourth-order valence-electron chi connectivity index (χ4n) is 1.65. The molecule has 0 heterocycles. The van der Waals surface area contributed by atoms with E-state index < -0.39 is 33.7 Å². The maximum absolute atomic E-state index is 13.1. The minimum absolute atomic E-state index is 0.0910. The number of hydrogen-bond donors (Lipinski definition) is 2. The topological polar surface area (TPSA) is 84.3 Å². The van der Waals surface area contributed by atoms with Gasteiger partial charge in [-0.1, -0.05) is 6.92 Å². The molecule has 0 spiro atoms. The Balaban J connectivity index is 2.92. The predicted molar refractivity (Wildman–Crippen MR) is 68.4 cm³/mol. The summed E-state index contributed by atoms with van der Waals surface area (Å²) in [4.78, 5) is 21.7. The monoisotopic (exact) mass is 287 g/mol. The third-order valence-electron chi connectivity index (χ3n) is 2.64. The van der Waals surface area contributed by atoms with Gasteiger partial charge in [0.2, 0.25) is 0 Å². The molecular formula is C12H15F2N3O3. The number of nitrogens with zero attached hydrogens (tertiary/aromatic N) is 1. The molecule has 6 nitrogen and oxygen atoms in total. The fourth-order valence-corrected chi connectivity index (χ4v) is 1.65. The average molecular weight is 287 g/mol. The summed E-state index contributed by atoms with van der Waals surface area (Å²) in [5.74, 6) is -3.38. The molecule has 0 saturated heterocycles. The van der Waals surface area contributed by atoms with Gasteiger partial charge >= 0.3 is 0 Å². The number of nitro groups is 1. The Kier molecular flexibility index (Phi) is 5.51. The second kappa shape index (κ2) is 6.90. The molecule has 20 heavy (non-hydrogen) atoms. The molecule has 1 atom stereocenters. The number of carbonyl (C=O) groups is 1. The van der Waals surface area contributed by atoms with Gasteiger partial charge in [-0.2, -0.15) is 0 Å². The van der Waals surface area contributed by atoms with Crippen molar-refractivity contribution in [2.24, 2.45) is 5.92 Å². The van der Waals surface area contributed by atoms with Gasteiger partial charge in [-0.15, -0.1) is 0 Å². The first-order chi connectivity index (χ1) is 9.36. The Morgan fingerprint density at radius 3 is 2.50 bits per heavy atom. The molecule has 0 fully saturated rings. The lowest BCUT2D eigenvalue weighted by Gasteiger charge is -2.12. The number of nitro benzene ring substituents is 1. The van der Waals surface area contributed by atoms with Crippen molar-refractivity contribution < 1.29 is 18.5 Å². The normalized spacial score (nSPS) is 12.0. The van der Waals surface area contributed by atoms with Crippen molar-refractivity contribution in [3.05, 3.63) is 39.4 Å². The third kappa shape index (κ3) is 3.95. The molecule has 1 aromatic carbocycles. The van der Waals surface area contributed by atoms with Crippen LogP contribution in [0.1, 0.15) is 17.3 Å². The maximum atomic E-state index is 13.1. The molecule has 8 heteroatoms. The van der Waals surface area contributed by atoms with Crippen LogP contribution in [0.5, 0.6) is 0 Å². The molecule has 1 amide bonds. The van der Waals surface area contributed by atoms with Crippen molar-refractivity contribution in [2.45, 2.75) is 6.92 Å². The van der Waals surface area contributed by atoms with Crippen LogP contribution in [0.4, 0.5) is 14.5 Å². The number of amides is 1. The van der Waals surface area contributed by atoms with Crippen LogP contribution in [0.15, 0.2) is 12.1 Å². The first kappa shape index (κ1) is 16.0. The van der Waals surface area contributed by atoms with Crippen molar-refractivity contribution in [3.8, 4) is 0 Å². The summed E-state index contributed by atoms with van der Waals surface area (Å²) >= 11 is 0. The summed E-state index contributed by atoms with van der Waals surface area (Å²) in [6, 6.07) is 0.937.